The summed E-state index contributed by atoms with van der Waals surface area (Å²) in [7, 11) is 0. The van der Waals surface area contributed by atoms with Gasteiger partial charge in [0.25, 0.3) is 5.56 Å². The summed E-state index contributed by atoms with van der Waals surface area (Å²) in [5.41, 5.74) is 0.596. The maximum Gasteiger partial charge on any atom is 0.254 e. The second-order valence-electron chi connectivity index (χ2n) is 3.07. The van der Waals surface area contributed by atoms with Gasteiger partial charge in [-0.05, 0) is 11.4 Å². The molecule has 3 nitrogen and oxygen atoms in total. The zero-order valence-electron chi connectivity index (χ0n) is 7.87. The maximum absolute atomic E-state index is 11.5. The van der Waals surface area contributed by atoms with Crippen LogP contribution in [0.4, 0.5) is 0 Å². The van der Waals surface area contributed by atoms with E-state index in [1.54, 1.807) is 17.5 Å². The monoisotopic (exact) mass is 284 g/mol. The lowest BCUT2D eigenvalue weighted by molar-refractivity contribution is 0.937. The van der Waals surface area contributed by atoms with E-state index in [-0.39, 0.29) is 5.56 Å². The molecule has 0 spiro atoms. The summed E-state index contributed by atoms with van der Waals surface area (Å²) < 4.78 is 0. The number of alkyl halides is 1. The molecule has 0 saturated carbocycles. The van der Waals surface area contributed by atoms with Crippen LogP contribution in [0.3, 0.4) is 0 Å². The van der Waals surface area contributed by atoms with E-state index in [2.05, 4.69) is 25.9 Å². The van der Waals surface area contributed by atoms with E-state index in [4.69, 9.17) is 0 Å². The summed E-state index contributed by atoms with van der Waals surface area (Å²) >= 11 is 4.90. The number of aromatic nitrogens is 2. The lowest BCUT2D eigenvalue weighted by Crippen LogP contribution is -2.15. The van der Waals surface area contributed by atoms with Gasteiger partial charge in [-0.2, -0.15) is 0 Å². The number of aromatic amines is 1. The number of rotatable bonds is 3. The summed E-state index contributed by atoms with van der Waals surface area (Å²) in [5, 5.41) is 2.55. The minimum absolute atomic E-state index is 0.0616. The van der Waals surface area contributed by atoms with Crippen molar-refractivity contribution in [2.24, 2.45) is 0 Å². The van der Waals surface area contributed by atoms with Crippen molar-refractivity contribution < 1.29 is 0 Å². The maximum atomic E-state index is 11.5. The van der Waals surface area contributed by atoms with Crippen LogP contribution in [0.15, 0.2) is 28.5 Å². The molecule has 78 valence electrons. The van der Waals surface area contributed by atoms with Crippen molar-refractivity contribution in [1.29, 1.82) is 0 Å². The Morgan fingerprint density at radius 2 is 2.40 bits per heavy atom. The lowest BCUT2D eigenvalue weighted by atomic mass is 10.3. The fraction of sp³-hybridized carbons (Fsp3) is 0.200. The topological polar surface area (TPSA) is 45.8 Å². The van der Waals surface area contributed by atoms with Gasteiger partial charge in [-0.25, -0.2) is 4.98 Å². The molecule has 0 atom stereocenters. The van der Waals surface area contributed by atoms with Crippen molar-refractivity contribution in [3.8, 4) is 0 Å². The number of halogens is 1. The third-order valence-corrected chi connectivity index (χ3v) is 3.47. The van der Waals surface area contributed by atoms with Crippen LogP contribution in [0, 0.1) is 0 Å². The summed E-state index contributed by atoms with van der Waals surface area (Å²) in [6, 6.07) is 4.02. The van der Waals surface area contributed by atoms with E-state index in [9.17, 15) is 4.79 Å². The molecule has 2 aromatic rings. The van der Waals surface area contributed by atoms with Crippen molar-refractivity contribution >= 4 is 27.3 Å². The van der Waals surface area contributed by atoms with E-state index in [0.717, 1.165) is 0 Å². The van der Waals surface area contributed by atoms with Gasteiger partial charge < -0.3 is 4.98 Å². The first kappa shape index (κ1) is 10.6. The van der Waals surface area contributed by atoms with Gasteiger partial charge in [0.05, 0.1) is 0 Å². The first-order chi connectivity index (χ1) is 7.29. The molecule has 15 heavy (non-hydrogen) atoms. The fourth-order valence-corrected chi connectivity index (χ4v) is 2.33. The van der Waals surface area contributed by atoms with Crippen LogP contribution in [0.2, 0.25) is 0 Å². The van der Waals surface area contributed by atoms with Crippen molar-refractivity contribution in [2.45, 2.75) is 11.8 Å². The van der Waals surface area contributed by atoms with Crippen LogP contribution in [0.1, 0.15) is 16.3 Å². The smallest absolute Gasteiger partial charge is 0.254 e. The Labute approximate surface area is 99.3 Å². The molecule has 0 radical (unpaired) electrons. The van der Waals surface area contributed by atoms with Crippen LogP contribution in [-0.4, -0.2) is 9.97 Å². The van der Waals surface area contributed by atoms with Crippen molar-refractivity contribution in [1.82, 2.24) is 9.97 Å². The molecular weight excluding hydrogens is 276 g/mol. The Hall–Kier alpha value is -0.940. The van der Waals surface area contributed by atoms with Gasteiger partial charge >= 0.3 is 0 Å². The van der Waals surface area contributed by atoms with E-state index < -0.39 is 0 Å². The molecule has 1 N–H and O–H groups in total. The first-order valence-corrected chi connectivity index (χ1v) is 6.45. The third kappa shape index (κ3) is 2.54. The minimum Gasteiger partial charge on any atom is -0.310 e. The van der Waals surface area contributed by atoms with Gasteiger partial charge in [0.2, 0.25) is 0 Å². The molecule has 2 heterocycles. The average molecular weight is 285 g/mol. The molecule has 0 unspecified atom stereocenters. The second-order valence-corrected chi connectivity index (χ2v) is 4.67. The third-order valence-electron chi connectivity index (χ3n) is 1.99. The highest BCUT2D eigenvalue weighted by molar-refractivity contribution is 9.08. The lowest BCUT2D eigenvalue weighted by Gasteiger charge is -1.99. The zero-order chi connectivity index (χ0) is 10.7. The van der Waals surface area contributed by atoms with E-state index in [1.807, 2.05) is 17.5 Å². The first-order valence-electron chi connectivity index (χ1n) is 4.45. The predicted molar refractivity (Wildman–Crippen MR) is 64.6 cm³/mol. The largest absolute Gasteiger partial charge is 0.310 e. The molecule has 0 aromatic carbocycles. The Kier molecular flexibility index (Phi) is 3.33. The van der Waals surface area contributed by atoms with Crippen LogP contribution >= 0.6 is 27.3 Å². The highest BCUT2D eigenvalue weighted by Crippen LogP contribution is 2.11. The van der Waals surface area contributed by atoms with Crippen molar-refractivity contribution in [3.05, 3.63) is 50.3 Å². The molecule has 0 aliphatic heterocycles. The van der Waals surface area contributed by atoms with Gasteiger partial charge in [0.15, 0.2) is 0 Å². The molecule has 0 aliphatic rings. The van der Waals surface area contributed by atoms with Gasteiger partial charge in [-0.1, -0.05) is 22.0 Å². The summed E-state index contributed by atoms with van der Waals surface area (Å²) in [6.45, 7) is 0. The predicted octanol–water partition coefficient (Wildman–Crippen LogP) is 2.32. The molecular formula is C10H9BrN2OS. The normalized spacial score (nSPS) is 10.5. The summed E-state index contributed by atoms with van der Waals surface area (Å²) in [6.07, 6.45) is 2.31. The Bertz CT molecular complexity index is 492. The SMILES string of the molecule is O=c1[nH]c(Cc2cccs2)ncc1CBr. The minimum atomic E-state index is -0.0616. The molecule has 0 aliphatic carbocycles. The fourth-order valence-electron chi connectivity index (χ4n) is 1.22. The Morgan fingerprint density at radius 3 is 3.00 bits per heavy atom. The van der Waals surface area contributed by atoms with Crippen LogP contribution in [0.25, 0.3) is 0 Å². The Balaban J connectivity index is 2.24. The van der Waals surface area contributed by atoms with Crippen LogP contribution in [0.5, 0.6) is 0 Å². The van der Waals surface area contributed by atoms with E-state index in [1.165, 1.54) is 4.88 Å². The molecule has 0 saturated heterocycles. The number of H-pyrrole nitrogens is 1. The average Bonchev–Trinajstić information content (AvgIpc) is 2.71. The molecule has 5 heteroatoms. The number of nitrogens with zero attached hydrogens (tertiary/aromatic N) is 1. The molecule has 2 aromatic heterocycles. The van der Waals surface area contributed by atoms with Crippen molar-refractivity contribution in [2.75, 3.05) is 0 Å². The van der Waals surface area contributed by atoms with Gasteiger partial charge in [0, 0.05) is 28.4 Å². The van der Waals surface area contributed by atoms with E-state index >= 15 is 0 Å². The van der Waals surface area contributed by atoms with Crippen LogP contribution in [-0.2, 0) is 11.8 Å². The molecule has 0 fully saturated rings. The van der Waals surface area contributed by atoms with Gasteiger partial charge in [0.1, 0.15) is 5.82 Å². The zero-order valence-corrected chi connectivity index (χ0v) is 10.3. The highest BCUT2D eigenvalue weighted by atomic mass is 79.9. The summed E-state index contributed by atoms with van der Waals surface area (Å²) in [5.74, 6) is 0.715. The Morgan fingerprint density at radius 1 is 1.53 bits per heavy atom. The number of hydrogen-bond donors (Lipinski definition) is 1. The molecule has 2 rings (SSSR count). The van der Waals surface area contributed by atoms with Crippen LogP contribution < -0.4 is 5.56 Å². The second kappa shape index (κ2) is 4.72. The highest BCUT2D eigenvalue weighted by Gasteiger charge is 2.02. The van der Waals surface area contributed by atoms with Gasteiger partial charge in [-0.3, -0.25) is 4.79 Å². The molecule has 0 amide bonds. The quantitative estimate of drug-likeness (QED) is 0.880. The van der Waals surface area contributed by atoms with Gasteiger partial charge in [-0.15, -0.1) is 11.3 Å². The van der Waals surface area contributed by atoms with E-state index in [0.29, 0.717) is 23.1 Å². The standard InChI is InChI=1S/C10H9BrN2OS/c11-5-7-6-12-9(13-10(7)14)4-8-2-1-3-15-8/h1-3,6H,4-5H2,(H,12,13,14). The van der Waals surface area contributed by atoms with Crippen molar-refractivity contribution in [3.63, 3.8) is 0 Å². The molecule has 0 bridgehead atoms. The summed E-state index contributed by atoms with van der Waals surface area (Å²) in [4.78, 5) is 19.7. The number of thiophene rings is 1. The number of nitrogens with one attached hydrogen (secondary N) is 1. The number of hydrogen-bond acceptors (Lipinski definition) is 3.